The van der Waals surface area contributed by atoms with E-state index in [1.807, 2.05) is 0 Å². The molecule has 1 atom stereocenters. The molecule has 3 fully saturated rings. The molecule has 2 aliphatic heterocycles. The van der Waals surface area contributed by atoms with Gasteiger partial charge in [0.2, 0.25) is 0 Å². The van der Waals surface area contributed by atoms with Crippen molar-refractivity contribution in [1.29, 1.82) is 0 Å². The lowest BCUT2D eigenvalue weighted by Gasteiger charge is -2.39. The highest BCUT2D eigenvalue weighted by Gasteiger charge is 2.47. The molecule has 2 heterocycles. The minimum absolute atomic E-state index is 0.288. The molecule has 0 radical (unpaired) electrons. The average molecular weight is 346 g/mol. The number of rotatable bonds is 6. The maximum Gasteiger partial charge on any atom is 0.281 e. The van der Waals surface area contributed by atoms with E-state index in [4.69, 9.17) is 4.74 Å². The molecule has 0 aromatic heterocycles. The Morgan fingerprint density at radius 3 is 2.39 bits per heavy atom. The zero-order valence-electron chi connectivity index (χ0n) is 14.7. The first kappa shape index (κ1) is 17.6. The van der Waals surface area contributed by atoms with Crippen molar-refractivity contribution < 1.29 is 13.2 Å². The predicted molar refractivity (Wildman–Crippen MR) is 90.4 cm³/mol. The van der Waals surface area contributed by atoms with Crippen LogP contribution in [0.1, 0.15) is 32.1 Å². The molecule has 0 aromatic carbocycles. The van der Waals surface area contributed by atoms with E-state index >= 15 is 0 Å². The van der Waals surface area contributed by atoms with Crippen molar-refractivity contribution in [3.8, 4) is 0 Å². The lowest BCUT2D eigenvalue weighted by molar-refractivity contribution is 0.112. The third kappa shape index (κ3) is 3.74. The van der Waals surface area contributed by atoms with Gasteiger partial charge in [0, 0.05) is 53.4 Å². The molecule has 134 valence electrons. The van der Waals surface area contributed by atoms with Crippen LogP contribution in [-0.2, 0) is 14.9 Å². The summed E-state index contributed by atoms with van der Waals surface area (Å²) >= 11 is 0. The zero-order valence-corrected chi connectivity index (χ0v) is 15.5. The van der Waals surface area contributed by atoms with E-state index in [-0.39, 0.29) is 5.41 Å². The lowest BCUT2D eigenvalue weighted by Crippen LogP contribution is -2.48. The Kier molecular flexibility index (Phi) is 5.05. The Hall–Kier alpha value is -0.210. The van der Waals surface area contributed by atoms with Gasteiger partial charge < -0.3 is 4.74 Å². The summed E-state index contributed by atoms with van der Waals surface area (Å²) in [5, 5.41) is 0. The minimum atomic E-state index is -3.26. The van der Waals surface area contributed by atoms with Crippen molar-refractivity contribution >= 4 is 10.2 Å². The summed E-state index contributed by atoms with van der Waals surface area (Å²) in [6.07, 6.45) is 5.85. The summed E-state index contributed by atoms with van der Waals surface area (Å²) in [5.41, 5.74) is 0.288. The standard InChI is InChI=1S/C16H31N3O3S/c1-17(2)23(20,21)19-8-6-16(7-9-19)10-15(12-22-3)18(13-16)11-14-4-5-14/h14-15H,4-13H2,1-3H3/t15-/m1/s1. The Balaban J connectivity index is 1.63. The molecule has 6 nitrogen and oxygen atoms in total. The van der Waals surface area contributed by atoms with Crippen molar-refractivity contribution in [3.63, 3.8) is 0 Å². The van der Waals surface area contributed by atoms with E-state index in [0.717, 1.165) is 38.3 Å². The smallest absolute Gasteiger partial charge is 0.281 e. The quantitative estimate of drug-likeness (QED) is 0.721. The molecular weight excluding hydrogens is 314 g/mol. The van der Waals surface area contributed by atoms with Crippen molar-refractivity contribution in [2.45, 2.75) is 38.1 Å². The second-order valence-electron chi connectivity index (χ2n) is 7.88. The maximum absolute atomic E-state index is 12.3. The highest BCUT2D eigenvalue weighted by Crippen LogP contribution is 2.45. The van der Waals surface area contributed by atoms with Gasteiger partial charge in [0.1, 0.15) is 0 Å². The van der Waals surface area contributed by atoms with Crippen LogP contribution in [0, 0.1) is 11.3 Å². The van der Waals surface area contributed by atoms with Crippen LogP contribution in [0.4, 0.5) is 0 Å². The molecule has 0 bridgehead atoms. The number of piperidine rings is 1. The van der Waals surface area contributed by atoms with Gasteiger partial charge in [-0.2, -0.15) is 17.0 Å². The number of ether oxygens (including phenoxy) is 1. The van der Waals surface area contributed by atoms with Crippen molar-refractivity contribution in [1.82, 2.24) is 13.5 Å². The summed E-state index contributed by atoms with van der Waals surface area (Å²) in [5.74, 6) is 0.888. The van der Waals surface area contributed by atoms with Crippen LogP contribution in [0.15, 0.2) is 0 Å². The molecule has 23 heavy (non-hydrogen) atoms. The summed E-state index contributed by atoms with van der Waals surface area (Å²) in [6, 6.07) is 0.512. The minimum Gasteiger partial charge on any atom is -0.383 e. The van der Waals surface area contributed by atoms with Gasteiger partial charge >= 0.3 is 0 Å². The van der Waals surface area contributed by atoms with Crippen molar-refractivity contribution in [3.05, 3.63) is 0 Å². The van der Waals surface area contributed by atoms with Crippen molar-refractivity contribution in [2.24, 2.45) is 11.3 Å². The van der Waals surface area contributed by atoms with Gasteiger partial charge in [-0.25, -0.2) is 0 Å². The Morgan fingerprint density at radius 1 is 1.22 bits per heavy atom. The molecular formula is C16H31N3O3S. The summed E-state index contributed by atoms with van der Waals surface area (Å²) < 4.78 is 33.0. The molecule has 1 saturated carbocycles. The lowest BCUT2D eigenvalue weighted by atomic mass is 9.77. The molecule has 0 N–H and O–H groups in total. The van der Waals surface area contributed by atoms with Crippen molar-refractivity contribution in [2.75, 3.05) is 54.0 Å². The SMILES string of the molecule is COC[C@H]1CC2(CCN(S(=O)(=O)N(C)C)CC2)CN1CC1CC1. The van der Waals surface area contributed by atoms with Crippen LogP contribution < -0.4 is 0 Å². The van der Waals surface area contributed by atoms with Gasteiger partial charge in [0.25, 0.3) is 10.2 Å². The van der Waals surface area contributed by atoms with Crippen LogP contribution in [0.25, 0.3) is 0 Å². The van der Waals surface area contributed by atoms with Crippen LogP contribution in [0.5, 0.6) is 0 Å². The first-order chi connectivity index (χ1) is 10.9. The monoisotopic (exact) mass is 345 g/mol. The summed E-state index contributed by atoms with van der Waals surface area (Å²) in [6.45, 7) is 4.42. The molecule has 1 spiro atoms. The van der Waals surface area contributed by atoms with Gasteiger partial charge in [-0.3, -0.25) is 4.90 Å². The molecule has 3 rings (SSSR count). The molecule has 3 aliphatic rings. The molecule has 0 aromatic rings. The molecule has 0 unspecified atom stereocenters. The molecule has 2 saturated heterocycles. The van der Waals surface area contributed by atoms with Gasteiger partial charge in [-0.15, -0.1) is 0 Å². The first-order valence-corrected chi connectivity index (χ1v) is 10.2. The number of likely N-dealkylation sites (tertiary alicyclic amines) is 1. The number of hydrogen-bond donors (Lipinski definition) is 0. The van der Waals surface area contributed by atoms with Crippen LogP contribution in [0.3, 0.4) is 0 Å². The maximum atomic E-state index is 12.3. The fraction of sp³-hybridized carbons (Fsp3) is 1.00. The summed E-state index contributed by atoms with van der Waals surface area (Å²) in [4.78, 5) is 2.62. The second kappa shape index (κ2) is 6.59. The van der Waals surface area contributed by atoms with E-state index in [2.05, 4.69) is 4.90 Å². The summed E-state index contributed by atoms with van der Waals surface area (Å²) in [7, 11) is 1.74. The predicted octanol–water partition coefficient (Wildman–Crippen LogP) is 1.01. The van der Waals surface area contributed by atoms with Crippen LogP contribution in [-0.4, -0.2) is 82.0 Å². The third-order valence-corrected chi connectivity index (χ3v) is 7.78. The topological polar surface area (TPSA) is 53.1 Å². The number of nitrogens with zero attached hydrogens (tertiary/aromatic N) is 3. The van der Waals surface area contributed by atoms with E-state index in [1.54, 1.807) is 25.5 Å². The van der Waals surface area contributed by atoms with E-state index in [0.29, 0.717) is 19.1 Å². The molecule has 1 aliphatic carbocycles. The largest absolute Gasteiger partial charge is 0.383 e. The third-order valence-electron chi connectivity index (χ3n) is 5.84. The highest BCUT2D eigenvalue weighted by molar-refractivity contribution is 7.86. The van der Waals surface area contributed by atoms with Crippen LogP contribution in [0.2, 0.25) is 0 Å². The fourth-order valence-electron chi connectivity index (χ4n) is 4.24. The van der Waals surface area contributed by atoms with E-state index in [1.165, 1.54) is 23.7 Å². The Labute approximate surface area is 140 Å². The van der Waals surface area contributed by atoms with Crippen LogP contribution >= 0.6 is 0 Å². The average Bonchev–Trinajstić information content (AvgIpc) is 3.25. The Bertz CT molecular complexity index is 511. The van der Waals surface area contributed by atoms with Gasteiger partial charge in [-0.05, 0) is 43.4 Å². The fourth-order valence-corrected chi connectivity index (χ4v) is 5.35. The normalized spacial score (nSPS) is 29.7. The van der Waals surface area contributed by atoms with Gasteiger partial charge in [0.05, 0.1) is 6.61 Å². The van der Waals surface area contributed by atoms with Gasteiger partial charge in [-0.1, -0.05) is 0 Å². The van der Waals surface area contributed by atoms with E-state index < -0.39 is 10.2 Å². The second-order valence-corrected chi connectivity index (χ2v) is 10.0. The van der Waals surface area contributed by atoms with E-state index in [9.17, 15) is 8.42 Å². The Morgan fingerprint density at radius 2 is 1.87 bits per heavy atom. The highest BCUT2D eigenvalue weighted by atomic mass is 32.2. The first-order valence-electron chi connectivity index (χ1n) is 8.77. The molecule has 0 amide bonds. The zero-order chi connectivity index (χ0) is 16.7. The number of hydrogen-bond acceptors (Lipinski definition) is 4. The number of methoxy groups -OCH3 is 1. The molecule has 7 heteroatoms. The van der Waals surface area contributed by atoms with Gasteiger partial charge in [0.15, 0.2) is 0 Å².